The zero-order valence-electron chi connectivity index (χ0n) is 12.6. The van der Waals surface area contributed by atoms with Crippen molar-refractivity contribution in [3.05, 3.63) is 44.7 Å². The summed E-state index contributed by atoms with van der Waals surface area (Å²) in [6.07, 6.45) is 2.58. The molecule has 2 heterocycles. The molecule has 1 fully saturated rings. The number of quaternary nitrogens is 1. The molecule has 3 nitrogen and oxygen atoms in total. The number of rotatable bonds is 2. The van der Waals surface area contributed by atoms with Crippen LogP contribution in [0.1, 0.15) is 35.2 Å². The van der Waals surface area contributed by atoms with Crippen LogP contribution in [0.2, 0.25) is 0 Å². The Balaban J connectivity index is 2.15. The third-order valence-electron chi connectivity index (χ3n) is 4.49. The van der Waals surface area contributed by atoms with Crippen molar-refractivity contribution in [2.24, 2.45) is 0 Å². The van der Waals surface area contributed by atoms with Crippen LogP contribution in [-0.2, 0) is 6.54 Å². The van der Waals surface area contributed by atoms with E-state index in [4.69, 9.17) is 0 Å². The number of fused-ring (bicyclic) bond motifs is 1. The van der Waals surface area contributed by atoms with Crippen LogP contribution in [-0.4, -0.2) is 18.1 Å². The van der Waals surface area contributed by atoms with Gasteiger partial charge in [-0.15, -0.1) is 0 Å². The van der Waals surface area contributed by atoms with E-state index in [1.807, 2.05) is 13.8 Å². The lowest BCUT2D eigenvalue weighted by molar-refractivity contribution is -0.901. The van der Waals surface area contributed by atoms with Gasteiger partial charge >= 0.3 is 0 Å². The number of likely N-dealkylation sites (tertiary alicyclic amines) is 1. The Kier molecular flexibility index (Phi) is 3.38. The predicted molar refractivity (Wildman–Crippen MR) is 82.4 cm³/mol. The molecule has 0 aliphatic carbocycles. The van der Waals surface area contributed by atoms with E-state index in [0.29, 0.717) is 0 Å². The second-order valence-corrected chi connectivity index (χ2v) is 6.20. The van der Waals surface area contributed by atoms with Gasteiger partial charge < -0.3 is 9.88 Å². The molecule has 2 aromatic rings. The Morgan fingerprint density at radius 3 is 2.55 bits per heavy atom. The van der Waals surface area contributed by atoms with Crippen molar-refractivity contribution in [3.8, 4) is 0 Å². The highest BCUT2D eigenvalue weighted by molar-refractivity contribution is 5.83. The summed E-state index contributed by atoms with van der Waals surface area (Å²) in [6, 6.07) is 4.17. The maximum Gasteiger partial charge on any atom is 0.198 e. The van der Waals surface area contributed by atoms with E-state index in [1.165, 1.54) is 31.5 Å². The van der Waals surface area contributed by atoms with E-state index in [0.717, 1.165) is 34.3 Å². The number of benzene rings is 1. The van der Waals surface area contributed by atoms with Gasteiger partial charge in [0.1, 0.15) is 6.54 Å². The van der Waals surface area contributed by atoms with Crippen molar-refractivity contribution in [2.45, 2.75) is 40.2 Å². The van der Waals surface area contributed by atoms with E-state index in [9.17, 15) is 4.79 Å². The van der Waals surface area contributed by atoms with Crippen molar-refractivity contribution in [3.63, 3.8) is 0 Å². The molecule has 106 valence electrons. The summed E-state index contributed by atoms with van der Waals surface area (Å²) < 4.78 is 0. The Morgan fingerprint density at radius 2 is 1.85 bits per heavy atom. The average molecular weight is 271 g/mol. The molecule has 0 bridgehead atoms. The molecule has 0 spiro atoms. The van der Waals surface area contributed by atoms with Crippen LogP contribution in [0.3, 0.4) is 0 Å². The largest absolute Gasteiger partial charge is 0.358 e. The monoisotopic (exact) mass is 271 g/mol. The predicted octanol–water partition coefficient (Wildman–Crippen LogP) is 1.63. The zero-order chi connectivity index (χ0) is 14.3. The number of aryl methyl sites for hydroxylation is 3. The van der Waals surface area contributed by atoms with Crippen LogP contribution < -0.4 is 10.3 Å². The van der Waals surface area contributed by atoms with E-state index in [2.05, 4.69) is 24.0 Å². The first kappa shape index (κ1) is 13.4. The molecule has 0 amide bonds. The van der Waals surface area contributed by atoms with Crippen molar-refractivity contribution in [1.29, 1.82) is 0 Å². The summed E-state index contributed by atoms with van der Waals surface area (Å²) in [4.78, 5) is 17.8. The standard InChI is InChI=1S/C17H22N2O/c1-11-8-12(2)16-15(9-11)18-13(3)14(17(16)20)10-19-6-4-5-7-19/h8-9H,4-7,10H2,1-3H3,(H,18,20)/p+1. The van der Waals surface area contributed by atoms with Gasteiger partial charge in [-0.3, -0.25) is 4.79 Å². The molecule has 3 heteroatoms. The second kappa shape index (κ2) is 5.06. The van der Waals surface area contributed by atoms with Gasteiger partial charge in [-0.05, 0) is 38.0 Å². The summed E-state index contributed by atoms with van der Waals surface area (Å²) in [5.41, 5.74) is 5.49. The molecule has 1 aliphatic rings. The van der Waals surface area contributed by atoms with Gasteiger partial charge in [0.25, 0.3) is 0 Å². The molecule has 2 N–H and O–H groups in total. The lowest BCUT2D eigenvalue weighted by Gasteiger charge is -2.15. The normalized spacial score (nSPS) is 16.1. The van der Waals surface area contributed by atoms with Gasteiger partial charge in [0, 0.05) is 23.9 Å². The molecular weight excluding hydrogens is 248 g/mol. The van der Waals surface area contributed by atoms with E-state index < -0.39 is 0 Å². The lowest BCUT2D eigenvalue weighted by atomic mass is 10.0. The third-order valence-corrected chi connectivity index (χ3v) is 4.49. The first-order chi connectivity index (χ1) is 9.56. The molecule has 3 rings (SSSR count). The minimum atomic E-state index is 0.230. The van der Waals surface area contributed by atoms with Crippen LogP contribution in [0.15, 0.2) is 16.9 Å². The first-order valence-corrected chi connectivity index (χ1v) is 7.52. The lowest BCUT2D eigenvalue weighted by Crippen LogP contribution is -3.08. The average Bonchev–Trinajstić information content (AvgIpc) is 2.86. The van der Waals surface area contributed by atoms with E-state index in [-0.39, 0.29) is 5.43 Å². The van der Waals surface area contributed by atoms with Crippen LogP contribution in [0.25, 0.3) is 10.9 Å². The summed E-state index contributed by atoms with van der Waals surface area (Å²) in [5, 5.41) is 0.870. The number of hydrogen-bond acceptors (Lipinski definition) is 1. The maximum atomic E-state index is 12.8. The minimum absolute atomic E-state index is 0.230. The minimum Gasteiger partial charge on any atom is -0.358 e. The van der Waals surface area contributed by atoms with Crippen molar-refractivity contribution >= 4 is 10.9 Å². The Labute approximate surface area is 119 Å². The smallest absolute Gasteiger partial charge is 0.198 e. The highest BCUT2D eigenvalue weighted by Crippen LogP contribution is 2.17. The van der Waals surface area contributed by atoms with E-state index in [1.54, 1.807) is 4.90 Å². The van der Waals surface area contributed by atoms with Crippen molar-refractivity contribution in [1.82, 2.24) is 4.98 Å². The fourth-order valence-corrected chi connectivity index (χ4v) is 3.48. The number of aromatic nitrogens is 1. The first-order valence-electron chi connectivity index (χ1n) is 7.52. The number of H-pyrrole nitrogens is 1. The number of aromatic amines is 1. The Bertz CT molecular complexity index is 709. The molecule has 0 radical (unpaired) electrons. The molecular formula is C17H23N2O+. The van der Waals surface area contributed by atoms with Crippen LogP contribution in [0.5, 0.6) is 0 Å². The SMILES string of the molecule is Cc1cc(C)c2c(=O)c(C[NH+]3CCCC3)c(C)[nH]c2c1. The molecule has 1 aliphatic heterocycles. The molecule has 1 aromatic heterocycles. The quantitative estimate of drug-likeness (QED) is 0.856. The van der Waals surface area contributed by atoms with Crippen molar-refractivity contribution < 1.29 is 4.90 Å². The molecule has 20 heavy (non-hydrogen) atoms. The van der Waals surface area contributed by atoms with Crippen LogP contribution >= 0.6 is 0 Å². The highest BCUT2D eigenvalue weighted by atomic mass is 16.1. The maximum absolute atomic E-state index is 12.8. The third kappa shape index (κ3) is 2.27. The molecule has 1 aromatic carbocycles. The van der Waals surface area contributed by atoms with Gasteiger partial charge in [0.2, 0.25) is 0 Å². The number of hydrogen-bond donors (Lipinski definition) is 2. The van der Waals surface area contributed by atoms with E-state index >= 15 is 0 Å². The van der Waals surface area contributed by atoms with Gasteiger partial charge in [0.05, 0.1) is 24.2 Å². The summed E-state index contributed by atoms with van der Waals surface area (Å²) >= 11 is 0. The summed E-state index contributed by atoms with van der Waals surface area (Å²) in [7, 11) is 0. The summed E-state index contributed by atoms with van der Waals surface area (Å²) in [5.74, 6) is 0. The molecule has 0 unspecified atom stereocenters. The Hall–Kier alpha value is -1.61. The van der Waals surface area contributed by atoms with Crippen LogP contribution in [0.4, 0.5) is 0 Å². The summed E-state index contributed by atoms with van der Waals surface area (Å²) in [6.45, 7) is 9.40. The van der Waals surface area contributed by atoms with Crippen molar-refractivity contribution in [2.75, 3.05) is 13.1 Å². The highest BCUT2D eigenvalue weighted by Gasteiger charge is 2.20. The second-order valence-electron chi connectivity index (χ2n) is 6.20. The fraction of sp³-hybridized carbons (Fsp3) is 0.471. The topological polar surface area (TPSA) is 37.3 Å². The van der Waals surface area contributed by atoms with Gasteiger partial charge in [-0.25, -0.2) is 0 Å². The van der Waals surface area contributed by atoms with Gasteiger partial charge in [0.15, 0.2) is 5.43 Å². The zero-order valence-corrected chi connectivity index (χ0v) is 12.6. The Morgan fingerprint density at radius 1 is 1.15 bits per heavy atom. The molecule has 0 atom stereocenters. The molecule has 0 saturated carbocycles. The fourth-order valence-electron chi connectivity index (χ4n) is 3.48. The van der Waals surface area contributed by atoms with Gasteiger partial charge in [-0.1, -0.05) is 6.07 Å². The number of pyridine rings is 1. The van der Waals surface area contributed by atoms with Gasteiger partial charge in [-0.2, -0.15) is 0 Å². The number of nitrogens with one attached hydrogen (secondary N) is 2. The van der Waals surface area contributed by atoms with Crippen LogP contribution in [0, 0.1) is 20.8 Å². The molecule has 1 saturated heterocycles.